The topological polar surface area (TPSA) is 166 Å². The van der Waals surface area contributed by atoms with Gasteiger partial charge in [0, 0.05) is 88.1 Å². The number of benzene rings is 8. The standard InChI is InChI=1S/C76H46N12/c1-4-17-43(18-5-1)65-57-33-35-59(77-57)66(44-19-6-2-7-20-44)61-37-39-63(79-61)68(64-40-38-62(80-64)67(45-21-8-3-9-22-45)60-36-34-58(65)78-60)48-24-16-23-46(41-48)47-31-32-55-56(42-47)76-87-74-54-30-15-14-29-53(54)72(85-74)83-70-50-26-11-10-25-49(50)69(81-70)82-71-51-27-12-13-28-52(51)73(84-71)86-75(55)88-76/h1-42,77,80H,(H2,81,82,83,84,85,86,87,88). The summed E-state index contributed by atoms with van der Waals surface area (Å²) in [6, 6.07) is 79.7. The quantitative estimate of drug-likeness (QED) is 0.132. The molecule has 0 spiro atoms. The molecule has 0 saturated heterocycles. The van der Waals surface area contributed by atoms with Gasteiger partial charge in [-0.1, -0.05) is 188 Å². The van der Waals surface area contributed by atoms with Crippen LogP contribution in [0.15, 0.2) is 231 Å². The molecule has 12 heteroatoms. The van der Waals surface area contributed by atoms with Gasteiger partial charge in [0.25, 0.3) is 0 Å². The second-order valence-electron chi connectivity index (χ2n) is 22.2. The molecule has 4 aliphatic rings. The van der Waals surface area contributed by atoms with Crippen LogP contribution in [0.5, 0.6) is 0 Å². The minimum atomic E-state index is 0.536. The van der Waals surface area contributed by atoms with Crippen LogP contribution in [0.25, 0.3) is 192 Å². The monoisotopic (exact) mass is 1130 g/mol. The van der Waals surface area contributed by atoms with Gasteiger partial charge in [0.15, 0.2) is 23.3 Å². The third-order valence-electron chi connectivity index (χ3n) is 17.0. The van der Waals surface area contributed by atoms with E-state index in [-0.39, 0.29) is 0 Å². The first kappa shape index (κ1) is 49.2. The molecule has 0 atom stereocenters. The summed E-state index contributed by atoms with van der Waals surface area (Å²) in [7, 11) is 0. The smallest absolute Gasteiger partial charge is 0.164 e. The summed E-state index contributed by atoms with van der Waals surface area (Å²) in [5, 5.41) is 3.58. The van der Waals surface area contributed by atoms with Crippen molar-refractivity contribution in [2.24, 2.45) is 0 Å². The van der Waals surface area contributed by atoms with E-state index >= 15 is 0 Å². The summed E-state index contributed by atoms with van der Waals surface area (Å²) in [5.41, 5.74) is 23.2. The van der Waals surface area contributed by atoms with E-state index in [1.807, 2.05) is 72.8 Å². The second kappa shape index (κ2) is 19.7. The number of hydrogen-bond acceptors (Lipinski definition) is 8. The average Bonchev–Trinajstić information content (AvgIpc) is 3.53. The molecule has 0 saturated carbocycles. The Balaban J connectivity index is 0.874. The van der Waals surface area contributed by atoms with Crippen molar-refractivity contribution in [2.75, 3.05) is 0 Å². The Morgan fingerprint density at radius 1 is 0.205 bits per heavy atom. The van der Waals surface area contributed by atoms with Crippen LogP contribution in [0.1, 0.15) is 22.8 Å². The van der Waals surface area contributed by atoms with E-state index < -0.39 is 0 Å². The Kier molecular flexibility index (Phi) is 11.0. The van der Waals surface area contributed by atoms with Crippen LogP contribution < -0.4 is 0 Å². The maximum Gasteiger partial charge on any atom is 0.164 e. The molecule has 16 bridgehead atoms. The van der Waals surface area contributed by atoms with Crippen molar-refractivity contribution in [3.63, 3.8) is 0 Å². The largest absolute Gasteiger partial charge is 0.354 e. The lowest BCUT2D eigenvalue weighted by Crippen LogP contribution is -1.90. The van der Waals surface area contributed by atoms with E-state index in [0.29, 0.717) is 45.9 Å². The van der Waals surface area contributed by atoms with Gasteiger partial charge in [-0.25, -0.2) is 39.9 Å². The normalized spacial score (nSPS) is 12.2. The van der Waals surface area contributed by atoms with E-state index in [2.05, 4.69) is 202 Å². The Hall–Kier alpha value is -12.3. The maximum absolute atomic E-state index is 5.61. The van der Waals surface area contributed by atoms with Gasteiger partial charge in [0.2, 0.25) is 0 Å². The van der Waals surface area contributed by atoms with Crippen LogP contribution >= 0.6 is 0 Å². The van der Waals surface area contributed by atoms with Gasteiger partial charge in [-0.15, -0.1) is 0 Å². The fourth-order valence-electron chi connectivity index (χ4n) is 12.9. The predicted molar refractivity (Wildman–Crippen MR) is 356 cm³/mol. The molecule has 12 nitrogen and oxygen atoms in total. The van der Waals surface area contributed by atoms with Crippen LogP contribution in [0.2, 0.25) is 0 Å². The fourth-order valence-corrected chi connectivity index (χ4v) is 12.9. The lowest BCUT2D eigenvalue weighted by Gasteiger charge is -2.09. The van der Waals surface area contributed by atoms with E-state index in [0.717, 1.165) is 144 Å². The van der Waals surface area contributed by atoms with Gasteiger partial charge in [-0.2, -0.15) is 0 Å². The number of H-pyrrole nitrogens is 4. The first-order chi connectivity index (χ1) is 43.6. The summed E-state index contributed by atoms with van der Waals surface area (Å²) in [6.07, 6.45) is 8.56. The fraction of sp³-hybridized carbons (Fsp3) is 0. The summed E-state index contributed by atoms with van der Waals surface area (Å²) in [4.78, 5) is 57.5. The third-order valence-corrected chi connectivity index (χ3v) is 17.0. The van der Waals surface area contributed by atoms with Gasteiger partial charge >= 0.3 is 0 Å². The molecule has 410 valence electrons. The zero-order chi connectivity index (χ0) is 57.8. The number of rotatable bonds is 5. The lowest BCUT2D eigenvalue weighted by atomic mass is 9.97. The number of hydrogen-bond donors (Lipinski definition) is 4. The number of nitrogens with one attached hydrogen (secondary N) is 4. The SMILES string of the molecule is C1=Cc2nc1c(-c1ccccc1)c1ccc([nH]1)c(-c1ccccc1)c1nc(c(-c3cccc(-c4ccc5c6nc7nc(nc8[nH]c(nc9nc(nc([nH]6)c5c4)-c4ccccc4-9)c4ccccc84)-c4ccccc4-7)c3)c3ccc([nH]3)c2-c2ccccc2)C=C1. The van der Waals surface area contributed by atoms with Crippen molar-refractivity contribution in [2.45, 2.75) is 0 Å². The molecule has 0 amide bonds. The molecule has 0 unspecified atom stereocenters. The van der Waals surface area contributed by atoms with Crippen molar-refractivity contribution < 1.29 is 0 Å². The Bertz CT molecular complexity index is 5650. The molecule has 6 aromatic heterocycles. The van der Waals surface area contributed by atoms with Crippen LogP contribution in [-0.2, 0) is 0 Å². The van der Waals surface area contributed by atoms with Crippen molar-refractivity contribution >= 4 is 90.5 Å². The molecule has 0 fully saturated rings. The zero-order valence-electron chi connectivity index (χ0n) is 46.8. The summed E-state index contributed by atoms with van der Waals surface area (Å²) in [6.45, 7) is 0. The number of fused-ring (bicyclic) bond motifs is 28. The van der Waals surface area contributed by atoms with Crippen molar-refractivity contribution in [3.05, 3.63) is 253 Å². The molecule has 14 aromatic rings. The van der Waals surface area contributed by atoms with Crippen LogP contribution in [0.3, 0.4) is 0 Å². The van der Waals surface area contributed by atoms with Crippen molar-refractivity contribution in [3.8, 4) is 101 Å². The van der Waals surface area contributed by atoms with E-state index in [1.54, 1.807) is 0 Å². The molecule has 4 aliphatic heterocycles. The predicted octanol–water partition coefficient (Wildman–Crippen LogP) is 18.2. The van der Waals surface area contributed by atoms with Crippen molar-refractivity contribution in [1.82, 2.24) is 59.8 Å². The molecule has 18 rings (SSSR count). The Morgan fingerprint density at radius 2 is 0.523 bits per heavy atom. The summed E-state index contributed by atoms with van der Waals surface area (Å²) < 4.78 is 0. The highest BCUT2D eigenvalue weighted by atomic mass is 15.1. The van der Waals surface area contributed by atoms with Gasteiger partial charge in [-0.05, 0) is 100 Å². The lowest BCUT2D eigenvalue weighted by molar-refractivity contribution is 1.19. The molecular formula is C76H46N12. The first-order valence-electron chi connectivity index (χ1n) is 29.2. The number of aromatic nitrogens is 12. The minimum absolute atomic E-state index is 0.536. The molecular weight excluding hydrogens is 1080 g/mol. The van der Waals surface area contributed by atoms with Gasteiger partial charge < -0.3 is 19.9 Å². The van der Waals surface area contributed by atoms with Gasteiger partial charge in [0.1, 0.15) is 22.6 Å². The summed E-state index contributed by atoms with van der Waals surface area (Å²) in [5.74, 6) is 2.18. The molecule has 4 N–H and O–H groups in total. The van der Waals surface area contributed by atoms with Crippen LogP contribution in [0.4, 0.5) is 0 Å². The maximum atomic E-state index is 5.61. The Labute approximate surface area is 502 Å². The van der Waals surface area contributed by atoms with E-state index in [1.165, 1.54) is 0 Å². The zero-order valence-corrected chi connectivity index (χ0v) is 46.8. The number of nitrogens with zero attached hydrogens (tertiary/aromatic N) is 8. The van der Waals surface area contributed by atoms with Crippen LogP contribution in [0, 0.1) is 0 Å². The first-order valence-corrected chi connectivity index (χ1v) is 29.2. The van der Waals surface area contributed by atoms with Crippen LogP contribution in [-0.4, -0.2) is 59.8 Å². The highest BCUT2D eigenvalue weighted by Crippen LogP contribution is 2.42. The Morgan fingerprint density at radius 3 is 0.932 bits per heavy atom. The molecule has 0 radical (unpaired) electrons. The highest BCUT2D eigenvalue weighted by molar-refractivity contribution is 6.08. The molecule has 8 aromatic carbocycles. The van der Waals surface area contributed by atoms with E-state index in [4.69, 9.17) is 39.9 Å². The number of aromatic amines is 4. The van der Waals surface area contributed by atoms with Gasteiger partial charge in [-0.3, -0.25) is 0 Å². The third kappa shape index (κ3) is 8.08. The minimum Gasteiger partial charge on any atom is -0.354 e. The molecule has 0 aliphatic carbocycles. The van der Waals surface area contributed by atoms with Gasteiger partial charge in [0.05, 0.1) is 22.8 Å². The van der Waals surface area contributed by atoms with Crippen molar-refractivity contribution in [1.29, 1.82) is 0 Å². The average molecular weight is 1130 g/mol. The highest BCUT2D eigenvalue weighted by Gasteiger charge is 2.24. The summed E-state index contributed by atoms with van der Waals surface area (Å²) >= 11 is 0. The molecule has 88 heavy (non-hydrogen) atoms. The second-order valence-corrected chi connectivity index (χ2v) is 22.2. The van der Waals surface area contributed by atoms with E-state index in [9.17, 15) is 0 Å². The molecule has 10 heterocycles.